The predicted molar refractivity (Wildman–Crippen MR) is 91.3 cm³/mol. The van der Waals surface area contributed by atoms with E-state index in [2.05, 4.69) is 0 Å². The highest BCUT2D eigenvalue weighted by Gasteiger charge is 2.20. The lowest BCUT2D eigenvalue weighted by Gasteiger charge is -2.01. The molecule has 3 rings (SSSR count). The number of benzene rings is 2. The SMILES string of the molecule is O=C(O)/C=C/c1cc(O)c2oc(-c3ccccc3)c(CC(=O)O)c2c1. The largest absolute Gasteiger partial charge is 0.504 e. The molecule has 6 heteroatoms. The van der Waals surface area contributed by atoms with Crippen LogP contribution in [0.5, 0.6) is 5.75 Å². The molecule has 2 aromatic carbocycles. The van der Waals surface area contributed by atoms with E-state index >= 15 is 0 Å². The molecule has 3 aromatic rings. The van der Waals surface area contributed by atoms with Crippen LogP contribution in [0, 0.1) is 0 Å². The van der Waals surface area contributed by atoms with E-state index in [1.807, 2.05) is 6.07 Å². The standard InChI is InChI=1S/C19H14O6/c20-15-9-11(6-7-16(21)22)8-13-14(10-17(23)24)18(25-19(13)15)12-4-2-1-3-5-12/h1-9,20H,10H2,(H,21,22)(H,23,24)/b7-6+. The van der Waals surface area contributed by atoms with Crippen molar-refractivity contribution >= 4 is 29.0 Å². The summed E-state index contributed by atoms with van der Waals surface area (Å²) in [5.74, 6) is -1.97. The maximum atomic E-state index is 11.3. The summed E-state index contributed by atoms with van der Waals surface area (Å²) >= 11 is 0. The van der Waals surface area contributed by atoms with Crippen molar-refractivity contribution in [3.05, 3.63) is 59.7 Å². The number of carbonyl (C=O) groups is 2. The maximum Gasteiger partial charge on any atom is 0.328 e. The zero-order valence-corrected chi connectivity index (χ0v) is 13.0. The molecular weight excluding hydrogens is 324 g/mol. The number of carboxylic acids is 2. The minimum Gasteiger partial charge on any atom is -0.504 e. The van der Waals surface area contributed by atoms with Crippen molar-refractivity contribution in [3.8, 4) is 17.1 Å². The average Bonchev–Trinajstić information content (AvgIpc) is 2.92. The minimum atomic E-state index is -1.12. The Morgan fingerprint density at radius 3 is 2.44 bits per heavy atom. The summed E-state index contributed by atoms with van der Waals surface area (Å²) in [4.78, 5) is 22.0. The van der Waals surface area contributed by atoms with Crippen LogP contribution in [0.4, 0.5) is 0 Å². The molecule has 0 fully saturated rings. The third kappa shape index (κ3) is 3.37. The molecule has 0 bridgehead atoms. The smallest absolute Gasteiger partial charge is 0.328 e. The second kappa shape index (κ2) is 6.52. The molecule has 0 aliphatic rings. The number of fused-ring (bicyclic) bond motifs is 1. The Morgan fingerprint density at radius 1 is 1.08 bits per heavy atom. The van der Waals surface area contributed by atoms with Crippen LogP contribution < -0.4 is 0 Å². The van der Waals surface area contributed by atoms with Crippen LogP contribution in [-0.2, 0) is 16.0 Å². The number of rotatable bonds is 5. The first-order chi connectivity index (χ1) is 12.0. The van der Waals surface area contributed by atoms with Gasteiger partial charge in [-0.25, -0.2) is 4.79 Å². The Labute approximate surface area is 142 Å². The molecule has 0 aliphatic carbocycles. The average molecular weight is 338 g/mol. The Kier molecular flexibility index (Phi) is 4.26. The summed E-state index contributed by atoms with van der Waals surface area (Å²) in [6.45, 7) is 0. The number of carboxylic acid groups (broad SMARTS) is 2. The van der Waals surface area contributed by atoms with E-state index in [9.17, 15) is 19.8 Å². The van der Waals surface area contributed by atoms with Gasteiger partial charge >= 0.3 is 11.9 Å². The van der Waals surface area contributed by atoms with Crippen LogP contribution in [0.3, 0.4) is 0 Å². The molecule has 0 amide bonds. The van der Waals surface area contributed by atoms with Crippen molar-refractivity contribution in [2.24, 2.45) is 0 Å². The molecule has 1 heterocycles. The molecule has 0 saturated heterocycles. The highest BCUT2D eigenvalue weighted by atomic mass is 16.4. The molecule has 6 nitrogen and oxygen atoms in total. The van der Waals surface area contributed by atoms with Gasteiger partial charge in [-0.15, -0.1) is 0 Å². The molecule has 0 atom stereocenters. The van der Waals surface area contributed by atoms with Crippen molar-refractivity contribution in [1.29, 1.82) is 0 Å². The van der Waals surface area contributed by atoms with Gasteiger partial charge in [-0.05, 0) is 23.8 Å². The van der Waals surface area contributed by atoms with Crippen molar-refractivity contribution in [1.82, 2.24) is 0 Å². The lowest BCUT2D eigenvalue weighted by Crippen LogP contribution is -2.00. The van der Waals surface area contributed by atoms with Crippen molar-refractivity contribution in [2.75, 3.05) is 0 Å². The monoisotopic (exact) mass is 338 g/mol. The van der Waals surface area contributed by atoms with Gasteiger partial charge in [0.25, 0.3) is 0 Å². The first-order valence-corrected chi connectivity index (χ1v) is 7.42. The van der Waals surface area contributed by atoms with Crippen LogP contribution in [0.25, 0.3) is 28.4 Å². The number of phenols is 1. The number of hydrogen-bond acceptors (Lipinski definition) is 4. The molecule has 0 spiro atoms. The Hall–Kier alpha value is -3.54. The molecule has 25 heavy (non-hydrogen) atoms. The Bertz CT molecular complexity index is 982. The quantitative estimate of drug-likeness (QED) is 0.614. The second-order valence-corrected chi connectivity index (χ2v) is 5.43. The molecule has 126 valence electrons. The molecular formula is C19H14O6. The van der Waals surface area contributed by atoms with Gasteiger partial charge < -0.3 is 19.7 Å². The van der Waals surface area contributed by atoms with E-state index in [4.69, 9.17) is 9.52 Å². The lowest BCUT2D eigenvalue weighted by molar-refractivity contribution is -0.136. The van der Waals surface area contributed by atoms with Gasteiger partial charge in [0.2, 0.25) is 0 Å². The summed E-state index contributed by atoms with van der Waals surface area (Å²) < 4.78 is 5.74. The van der Waals surface area contributed by atoms with Crippen LogP contribution in [0.15, 0.2) is 53.0 Å². The minimum absolute atomic E-state index is 0.169. The van der Waals surface area contributed by atoms with Gasteiger partial charge in [0.05, 0.1) is 6.42 Å². The van der Waals surface area contributed by atoms with E-state index in [0.717, 1.165) is 6.08 Å². The highest BCUT2D eigenvalue weighted by molar-refractivity contribution is 5.96. The van der Waals surface area contributed by atoms with E-state index < -0.39 is 11.9 Å². The van der Waals surface area contributed by atoms with Crippen molar-refractivity contribution in [2.45, 2.75) is 6.42 Å². The normalized spacial score (nSPS) is 11.2. The maximum absolute atomic E-state index is 11.3. The summed E-state index contributed by atoms with van der Waals surface area (Å²) in [6.07, 6.45) is 1.97. The van der Waals surface area contributed by atoms with Gasteiger partial charge in [-0.1, -0.05) is 30.3 Å². The van der Waals surface area contributed by atoms with E-state index in [0.29, 0.717) is 27.8 Å². The number of hydrogen-bond donors (Lipinski definition) is 3. The van der Waals surface area contributed by atoms with Crippen LogP contribution >= 0.6 is 0 Å². The van der Waals surface area contributed by atoms with E-state index in [1.54, 1.807) is 30.3 Å². The summed E-state index contributed by atoms with van der Waals surface area (Å²) in [6, 6.07) is 12.0. The van der Waals surface area contributed by atoms with Crippen LogP contribution in [0.1, 0.15) is 11.1 Å². The molecule has 1 aromatic heterocycles. The topological polar surface area (TPSA) is 108 Å². The molecule has 0 saturated carbocycles. The molecule has 3 N–H and O–H groups in total. The fraction of sp³-hybridized carbons (Fsp3) is 0.0526. The Morgan fingerprint density at radius 2 is 1.80 bits per heavy atom. The first kappa shape index (κ1) is 16.3. The van der Waals surface area contributed by atoms with Crippen LogP contribution in [0.2, 0.25) is 0 Å². The zero-order valence-electron chi connectivity index (χ0n) is 13.0. The molecule has 0 aliphatic heterocycles. The summed E-state index contributed by atoms with van der Waals surface area (Å²) in [7, 11) is 0. The van der Waals surface area contributed by atoms with Gasteiger partial charge in [0, 0.05) is 22.6 Å². The third-order valence-electron chi connectivity index (χ3n) is 3.68. The molecule has 0 radical (unpaired) electrons. The fourth-order valence-electron chi connectivity index (χ4n) is 2.67. The highest BCUT2D eigenvalue weighted by Crippen LogP contribution is 2.39. The fourth-order valence-corrected chi connectivity index (χ4v) is 2.67. The number of aromatic hydroxyl groups is 1. The predicted octanol–water partition coefficient (Wildman–Crippen LogP) is 3.53. The van der Waals surface area contributed by atoms with Crippen molar-refractivity contribution < 1.29 is 29.3 Å². The van der Waals surface area contributed by atoms with Gasteiger partial charge in [-0.2, -0.15) is 0 Å². The summed E-state index contributed by atoms with van der Waals surface area (Å²) in [5, 5.41) is 28.6. The Balaban J connectivity index is 2.25. The van der Waals surface area contributed by atoms with Crippen LogP contribution in [-0.4, -0.2) is 27.3 Å². The van der Waals surface area contributed by atoms with Crippen molar-refractivity contribution in [3.63, 3.8) is 0 Å². The number of phenolic OH excluding ortho intramolecular Hbond substituents is 1. The third-order valence-corrected chi connectivity index (χ3v) is 3.68. The second-order valence-electron chi connectivity index (χ2n) is 5.43. The number of furan rings is 1. The zero-order chi connectivity index (χ0) is 18.0. The lowest BCUT2D eigenvalue weighted by atomic mass is 10.0. The van der Waals surface area contributed by atoms with E-state index in [1.165, 1.54) is 12.1 Å². The molecule has 0 unspecified atom stereocenters. The van der Waals surface area contributed by atoms with Gasteiger partial charge in [-0.3, -0.25) is 4.79 Å². The number of aliphatic carboxylic acids is 2. The summed E-state index contributed by atoms with van der Waals surface area (Å²) in [5.41, 5.74) is 1.72. The van der Waals surface area contributed by atoms with Gasteiger partial charge in [0.15, 0.2) is 11.3 Å². The van der Waals surface area contributed by atoms with E-state index in [-0.39, 0.29) is 17.8 Å². The van der Waals surface area contributed by atoms with Gasteiger partial charge in [0.1, 0.15) is 5.76 Å². The first-order valence-electron chi connectivity index (χ1n) is 7.42.